The van der Waals surface area contributed by atoms with Crippen LogP contribution in [0.25, 0.3) is 0 Å². The molecule has 86 valence electrons. The number of rotatable bonds is 5. The van der Waals surface area contributed by atoms with Crippen LogP contribution in [0.2, 0.25) is 0 Å². The van der Waals surface area contributed by atoms with Crippen LogP contribution < -0.4 is 5.73 Å². The van der Waals surface area contributed by atoms with Gasteiger partial charge >= 0.3 is 0 Å². The van der Waals surface area contributed by atoms with Gasteiger partial charge in [-0.1, -0.05) is 12.1 Å². The molecule has 1 aromatic rings. The predicted molar refractivity (Wildman–Crippen MR) is 65.8 cm³/mol. The van der Waals surface area contributed by atoms with Crippen LogP contribution in [-0.4, -0.2) is 25.6 Å². The van der Waals surface area contributed by atoms with Crippen molar-refractivity contribution in [3.8, 4) is 0 Å². The third-order valence-corrected chi connectivity index (χ3v) is 2.68. The molecule has 3 nitrogen and oxygen atoms in total. The molecule has 0 saturated carbocycles. The summed E-state index contributed by atoms with van der Waals surface area (Å²) < 4.78 is 5.45. The summed E-state index contributed by atoms with van der Waals surface area (Å²) in [6, 6.07) is 8.43. The van der Waals surface area contributed by atoms with E-state index in [1.807, 2.05) is 0 Å². The SMILES string of the molecule is NCCCCc1cccc(C2=NCCO2)c1. The van der Waals surface area contributed by atoms with Crippen LogP contribution in [0.15, 0.2) is 29.3 Å². The molecule has 0 aliphatic carbocycles. The van der Waals surface area contributed by atoms with E-state index in [1.165, 1.54) is 5.56 Å². The van der Waals surface area contributed by atoms with Crippen molar-refractivity contribution in [2.24, 2.45) is 10.7 Å². The minimum atomic E-state index is 0.715. The summed E-state index contributed by atoms with van der Waals surface area (Å²) in [5, 5.41) is 0. The third kappa shape index (κ3) is 2.83. The fourth-order valence-electron chi connectivity index (χ4n) is 1.84. The van der Waals surface area contributed by atoms with Crippen molar-refractivity contribution in [2.45, 2.75) is 19.3 Å². The van der Waals surface area contributed by atoms with Crippen LogP contribution in [0.1, 0.15) is 24.0 Å². The van der Waals surface area contributed by atoms with Crippen molar-refractivity contribution in [1.82, 2.24) is 0 Å². The number of aliphatic imine (C=N–C) groups is 1. The molecule has 2 rings (SSSR count). The Kier molecular flexibility index (Phi) is 3.94. The van der Waals surface area contributed by atoms with Gasteiger partial charge in [-0.3, -0.25) is 0 Å². The average molecular weight is 218 g/mol. The van der Waals surface area contributed by atoms with Gasteiger partial charge in [0.15, 0.2) is 0 Å². The molecule has 0 amide bonds. The summed E-state index contributed by atoms with van der Waals surface area (Å²) in [5.74, 6) is 0.792. The quantitative estimate of drug-likeness (QED) is 0.765. The van der Waals surface area contributed by atoms with Gasteiger partial charge in [-0.15, -0.1) is 0 Å². The molecule has 0 aromatic heterocycles. The van der Waals surface area contributed by atoms with Crippen LogP contribution in [0.5, 0.6) is 0 Å². The van der Waals surface area contributed by atoms with E-state index in [0.29, 0.717) is 6.61 Å². The van der Waals surface area contributed by atoms with E-state index in [4.69, 9.17) is 10.5 Å². The fourth-order valence-corrected chi connectivity index (χ4v) is 1.84. The van der Waals surface area contributed by atoms with E-state index in [9.17, 15) is 0 Å². The summed E-state index contributed by atoms with van der Waals surface area (Å²) in [6.07, 6.45) is 3.31. The average Bonchev–Trinajstić information content (AvgIpc) is 2.83. The Morgan fingerprint density at radius 1 is 1.31 bits per heavy atom. The molecule has 0 unspecified atom stereocenters. The summed E-state index contributed by atoms with van der Waals surface area (Å²) in [4.78, 5) is 4.32. The zero-order valence-corrected chi connectivity index (χ0v) is 9.48. The number of ether oxygens (including phenoxy) is 1. The van der Waals surface area contributed by atoms with E-state index in [1.54, 1.807) is 0 Å². The topological polar surface area (TPSA) is 47.6 Å². The monoisotopic (exact) mass is 218 g/mol. The number of hydrogen-bond donors (Lipinski definition) is 1. The van der Waals surface area contributed by atoms with Crippen molar-refractivity contribution >= 4 is 5.90 Å². The van der Waals surface area contributed by atoms with E-state index in [2.05, 4.69) is 29.3 Å². The molecule has 3 heteroatoms. The summed E-state index contributed by atoms with van der Waals surface area (Å²) in [7, 11) is 0. The van der Waals surface area contributed by atoms with Crippen LogP contribution in [-0.2, 0) is 11.2 Å². The lowest BCUT2D eigenvalue weighted by Crippen LogP contribution is -2.02. The normalized spacial score (nSPS) is 14.7. The second-order valence-electron chi connectivity index (χ2n) is 3.98. The first-order valence-corrected chi connectivity index (χ1v) is 5.87. The van der Waals surface area contributed by atoms with Gasteiger partial charge < -0.3 is 10.5 Å². The molecule has 16 heavy (non-hydrogen) atoms. The molecule has 1 aliphatic heterocycles. The fraction of sp³-hybridized carbons (Fsp3) is 0.462. The Labute approximate surface area is 96.3 Å². The zero-order valence-electron chi connectivity index (χ0n) is 9.48. The highest BCUT2D eigenvalue weighted by molar-refractivity contribution is 5.95. The number of aryl methyl sites for hydroxylation is 1. The van der Waals surface area contributed by atoms with E-state index >= 15 is 0 Å². The molecular formula is C13H18N2O. The highest BCUT2D eigenvalue weighted by atomic mass is 16.5. The van der Waals surface area contributed by atoms with Crippen LogP contribution in [0.3, 0.4) is 0 Å². The minimum Gasteiger partial charge on any atom is -0.476 e. The lowest BCUT2D eigenvalue weighted by molar-refractivity contribution is 0.348. The lowest BCUT2D eigenvalue weighted by atomic mass is 10.1. The van der Waals surface area contributed by atoms with Gasteiger partial charge in [0, 0.05) is 5.56 Å². The molecule has 2 N–H and O–H groups in total. The molecular weight excluding hydrogens is 200 g/mol. The Morgan fingerprint density at radius 3 is 3.00 bits per heavy atom. The standard InChI is InChI=1S/C13H18N2O/c14-7-2-1-4-11-5-3-6-12(10-11)13-15-8-9-16-13/h3,5-6,10H,1-2,4,7-9,14H2. The van der Waals surface area contributed by atoms with Crippen molar-refractivity contribution in [3.05, 3.63) is 35.4 Å². The molecule has 1 aromatic carbocycles. The number of benzene rings is 1. The minimum absolute atomic E-state index is 0.715. The van der Waals surface area contributed by atoms with Gasteiger partial charge in [0.05, 0.1) is 6.54 Å². The summed E-state index contributed by atoms with van der Waals surface area (Å²) in [5.41, 5.74) is 7.92. The van der Waals surface area contributed by atoms with Gasteiger partial charge in [0.25, 0.3) is 0 Å². The highest BCUT2D eigenvalue weighted by Crippen LogP contribution is 2.12. The molecule has 0 spiro atoms. The second kappa shape index (κ2) is 5.66. The first-order chi connectivity index (χ1) is 7.90. The van der Waals surface area contributed by atoms with Crippen LogP contribution >= 0.6 is 0 Å². The van der Waals surface area contributed by atoms with Gasteiger partial charge in [-0.25, -0.2) is 4.99 Å². The first kappa shape index (κ1) is 11.1. The van der Waals surface area contributed by atoms with E-state index < -0.39 is 0 Å². The van der Waals surface area contributed by atoms with E-state index in [0.717, 1.165) is 43.8 Å². The zero-order chi connectivity index (χ0) is 11.2. The Balaban J connectivity index is 2.01. The maximum absolute atomic E-state index is 5.48. The number of nitrogens with zero attached hydrogens (tertiary/aromatic N) is 1. The second-order valence-corrected chi connectivity index (χ2v) is 3.98. The molecule has 0 fully saturated rings. The summed E-state index contributed by atoms with van der Waals surface area (Å²) >= 11 is 0. The first-order valence-electron chi connectivity index (χ1n) is 5.87. The third-order valence-electron chi connectivity index (χ3n) is 2.68. The Morgan fingerprint density at radius 2 is 2.25 bits per heavy atom. The Bertz CT molecular complexity index is 374. The predicted octanol–water partition coefficient (Wildman–Crippen LogP) is 1.74. The van der Waals surface area contributed by atoms with Crippen LogP contribution in [0, 0.1) is 0 Å². The maximum atomic E-state index is 5.48. The van der Waals surface area contributed by atoms with Crippen LogP contribution in [0.4, 0.5) is 0 Å². The largest absolute Gasteiger partial charge is 0.476 e. The lowest BCUT2D eigenvalue weighted by Gasteiger charge is -2.05. The molecule has 1 heterocycles. The molecule has 0 bridgehead atoms. The molecule has 0 atom stereocenters. The van der Waals surface area contributed by atoms with Crippen molar-refractivity contribution in [1.29, 1.82) is 0 Å². The van der Waals surface area contributed by atoms with Gasteiger partial charge in [0.1, 0.15) is 6.61 Å². The molecule has 1 aliphatic rings. The van der Waals surface area contributed by atoms with Gasteiger partial charge in [-0.2, -0.15) is 0 Å². The van der Waals surface area contributed by atoms with Crippen molar-refractivity contribution in [2.75, 3.05) is 19.7 Å². The van der Waals surface area contributed by atoms with Crippen molar-refractivity contribution < 1.29 is 4.74 Å². The van der Waals surface area contributed by atoms with Gasteiger partial charge in [0.2, 0.25) is 5.90 Å². The van der Waals surface area contributed by atoms with Gasteiger partial charge in [-0.05, 0) is 43.5 Å². The number of unbranched alkanes of at least 4 members (excludes halogenated alkanes) is 1. The Hall–Kier alpha value is -1.35. The summed E-state index contributed by atoms with van der Waals surface area (Å²) in [6.45, 7) is 2.27. The number of hydrogen-bond acceptors (Lipinski definition) is 3. The molecule has 0 saturated heterocycles. The van der Waals surface area contributed by atoms with E-state index in [-0.39, 0.29) is 0 Å². The molecule has 0 radical (unpaired) electrons. The highest BCUT2D eigenvalue weighted by Gasteiger charge is 2.09. The van der Waals surface area contributed by atoms with Crippen molar-refractivity contribution in [3.63, 3.8) is 0 Å². The smallest absolute Gasteiger partial charge is 0.216 e. The number of nitrogens with two attached hydrogens (primary N) is 1. The maximum Gasteiger partial charge on any atom is 0.216 e.